The third-order valence-corrected chi connectivity index (χ3v) is 4.90. The molecule has 0 radical (unpaired) electrons. The van der Waals surface area contributed by atoms with E-state index in [1.807, 2.05) is 0 Å². The van der Waals surface area contributed by atoms with Gasteiger partial charge in [0.15, 0.2) is 0 Å². The highest BCUT2D eigenvalue weighted by molar-refractivity contribution is 6.20. The van der Waals surface area contributed by atoms with Gasteiger partial charge >= 0.3 is 0 Å². The van der Waals surface area contributed by atoms with Crippen LogP contribution >= 0.6 is 23.2 Å². The predicted octanol–water partition coefficient (Wildman–Crippen LogP) is 5.05. The van der Waals surface area contributed by atoms with Gasteiger partial charge in [0.1, 0.15) is 0 Å². The number of hydrogen-bond donors (Lipinski definition) is 0. The molecule has 0 saturated heterocycles. The van der Waals surface area contributed by atoms with Crippen molar-refractivity contribution >= 4 is 23.2 Å². The smallest absolute Gasteiger partial charge is 0.0265 e. The van der Waals surface area contributed by atoms with Crippen LogP contribution in [0.2, 0.25) is 0 Å². The number of alkyl halides is 2. The molecule has 94 valence electrons. The maximum absolute atomic E-state index is 5.97. The maximum atomic E-state index is 5.97. The van der Waals surface area contributed by atoms with Crippen molar-refractivity contribution in [2.75, 3.05) is 11.8 Å². The van der Waals surface area contributed by atoms with Crippen molar-refractivity contribution < 1.29 is 0 Å². The Balaban J connectivity index is 1.90. The van der Waals surface area contributed by atoms with E-state index in [0.29, 0.717) is 17.7 Å². The zero-order valence-electron chi connectivity index (χ0n) is 10.1. The first-order valence-electron chi connectivity index (χ1n) is 6.52. The van der Waals surface area contributed by atoms with E-state index in [1.54, 1.807) is 0 Å². The van der Waals surface area contributed by atoms with Gasteiger partial charge in [0.05, 0.1) is 0 Å². The highest BCUT2D eigenvalue weighted by atomic mass is 35.5. The molecular formula is C15H20Cl2. The predicted molar refractivity (Wildman–Crippen MR) is 76.1 cm³/mol. The first-order chi connectivity index (χ1) is 8.35. The van der Waals surface area contributed by atoms with Gasteiger partial charge in [-0.25, -0.2) is 0 Å². The highest BCUT2D eigenvalue weighted by Gasteiger charge is 2.27. The maximum Gasteiger partial charge on any atom is 0.0265 e. The summed E-state index contributed by atoms with van der Waals surface area (Å²) in [5.41, 5.74) is 1.50. The average molecular weight is 271 g/mol. The van der Waals surface area contributed by atoms with Gasteiger partial charge in [-0.05, 0) is 49.0 Å². The fraction of sp³-hybridized carbons (Fsp3) is 0.600. The Morgan fingerprint density at radius 2 is 1.53 bits per heavy atom. The van der Waals surface area contributed by atoms with Crippen LogP contribution in [-0.4, -0.2) is 11.8 Å². The molecule has 17 heavy (non-hydrogen) atoms. The molecule has 2 heteroatoms. The summed E-state index contributed by atoms with van der Waals surface area (Å²) in [5, 5.41) is 0. The Bertz CT molecular complexity index is 311. The van der Waals surface area contributed by atoms with Crippen molar-refractivity contribution in [2.24, 2.45) is 11.8 Å². The van der Waals surface area contributed by atoms with Gasteiger partial charge in [-0.15, -0.1) is 23.2 Å². The number of hydrogen-bond acceptors (Lipinski definition) is 0. The Kier molecular flexibility index (Phi) is 5.18. The summed E-state index contributed by atoms with van der Waals surface area (Å²) in [7, 11) is 0. The van der Waals surface area contributed by atoms with Crippen LogP contribution in [-0.2, 0) is 0 Å². The molecule has 0 unspecified atom stereocenters. The second-order valence-corrected chi connectivity index (χ2v) is 5.71. The molecule has 0 aromatic heterocycles. The first kappa shape index (κ1) is 13.2. The lowest BCUT2D eigenvalue weighted by molar-refractivity contribution is 0.263. The molecule has 1 aliphatic carbocycles. The van der Waals surface area contributed by atoms with E-state index in [-0.39, 0.29) is 0 Å². The van der Waals surface area contributed by atoms with Crippen LogP contribution in [0, 0.1) is 11.8 Å². The highest BCUT2D eigenvalue weighted by Crippen LogP contribution is 2.39. The molecule has 0 heterocycles. The van der Waals surface area contributed by atoms with Crippen LogP contribution in [0.5, 0.6) is 0 Å². The van der Waals surface area contributed by atoms with E-state index in [1.165, 1.54) is 31.2 Å². The quantitative estimate of drug-likeness (QED) is 0.672. The largest absolute Gasteiger partial charge is 0.126 e. The topological polar surface area (TPSA) is 0 Å². The summed E-state index contributed by atoms with van der Waals surface area (Å²) in [6, 6.07) is 10.9. The molecule has 1 aliphatic rings. The lowest BCUT2D eigenvalue weighted by Gasteiger charge is -2.32. The zero-order valence-corrected chi connectivity index (χ0v) is 11.6. The number of halogens is 2. The standard InChI is InChI=1S/C15H20Cl2/c16-10-15(11-17)14-8-6-13(7-9-14)12-4-2-1-3-5-12/h1-5,13-15H,6-11H2. The van der Waals surface area contributed by atoms with E-state index in [2.05, 4.69) is 30.3 Å². The Labute approximate surface area is 114 Å². The van der Waals surface area contributed by atoms with Crippen LogP contribution in [0.25, 0.3) is 0 Å². The zero-order chi connectivity index (χ0) is 12.1. The third kappa shape index (κ3) is 3.39. The summed E-state index contributed by atoms with van der Waals surface area (Å²) in [5.74, 6) is 3.42. The van der Waals surface area contributed by atoms with Gasteiger partial charge in [0.2, 0.25) is 0 Å². The van der Waals surface area contributed by atoms with Crippen molar-refractivity contribution in [2.45, 2.75) is 31.6 Å². The van der Waals surface area contributed by atoms with Crippen LogP contribution in [0.3, 0.4) is 0 Å². The normalized spacial score (nSPS) is 25.1. The van der Waals surface area contributed by atoms with Crippen molar-refractivity contribution in [3.05, 3.63) is 35.9 Å². The fourth-order valence-corrected chi connectivity index (χ4v) is 3.78. The number of rotatable bonds is 4. The van der Waals surface area contributed by atoms with Gasteiger partial charge in [-0.2, -0.15) is 0 Å². The minimum atomic E-state index is 0.509. The van der Waals surface area contributed by atoms with Gasteiger partial charge in [0.25, 0.3) is 0 Å². The summed E-state index contributed by atoms with van der Waals surface area (Å²) in [4.78, 5) is 0. The lowest BCUT2D eigenvalue weighted by Crippen LogP contribution is -2.23. The molecule has 0 aliphatic heterocycles. The first-order valence-corrected chi connectivity index (χ1v) is 7.59. The van der Waals surface area contributed by atoms with E-state index in [4.69, 9.17) is 23.2 Å². The summed E-state index contributed by atoms with van der Waals surface area (Å²) < 4.78 is 0. The van der Waals surface area contributed by atoms with Gasteiger partial charge in [0, 0.05) is 11.8 Å². The van der Waals surface area contributed by atoms with Gasteiger partial charge < -0.3 is 0 Å². The molecule has 1 aromatic carbocycles. The Morgan fingerprint density at radius 3 is 2.06 bits per heavy atom. The fourth-order valence-electron chi connectivity index (χ4n) is 2.94. The molecule has 0 bridgehead atoms. The SMILES string of the molecule is ClCC(CCl)C1CCC(c2ccccc2)CC1. The van der Waals surface area contributed by atoms with E-state index >= 15 is 0 Å². The molecule has 1 aromatic rings. The van der Waals surface area contributed by atoms with E-state index in [9.17, 15) is 0 Å². The second-order valence-electron chi connectivity index (χ2n) is 5.09. The van der Waals surface area contributed by atoms with Crippen LogP contribution in [0.1, 0.15) is 37.2 Å². The van der Waals surface area contributed by atoms with Gasteiger partial charge in [-0.3, -0.25) is 0 Å². The average Bonchev–Trinajstić information content (AvgIpc) is 2.42. The molecule has 1 fully saturated rings. The molecule has 0 amide bonds. The Hall–Kier alpha value is -0.200. The van der Waals surface area contributed by atoms with E-state index < -0.39 is 0 Å². The molecular weight excluding hydrogens is 251 g/mol. The Morgan fingerprint density at radius 1 is 0.941 bits per heavy atom. The van der Waals surface area contributed by atoms with Crippen LogP contribution in [0.4, 0.5) is 0 Å². The molecule has 0 N–H and O–H groups in total. The van der Waals surface area contributed by atoms with Gasteiger partial charge in [-0.1, -0.05) is 30.3 Å². The van der Waals surface area contributed by atoms with E-state index in [0.717, 1.165) is 11.8 Å². The minimum absolute atomic E-state index is 0.509. The molecule has 0 atom stereocenters. The summed E-state index contributed by atoms with van der Waals surface area (Å²) in [6.07, 6.45) is 5.14. The van der Waals surface area contributed by atoms with Crippen molar-refractivity contribution in [1.29, 1.82) is 0 Å². The molecule has 2 rings (SSSR count). The third-order valence-electron chi connectivity index (χ3n) is 4.11. The van der Waals surface area contributed by atoms with Crippen molar-refractivity contribution in [3.8, 4) is 0 Å². The van der Waals surface area contributed by atoms with Crippen LogP contribution in [0.15, 0.2) is 30.3 Å². The summed E-state index contributed by atoms with van der Waals surface area (Å²) >= 11 is 11.9. The molecule has 0 nitrogen and oxygen atoms in total. The minimum Gasteiger partial charge on any atom is -0.126 e. The second kappa shape index (κ2) is 6.66. The lowest BCUT2D eigenvalue weighted by atomic mass is 9.75. The molecule has 1 saturated carbocycles. The molecule has 0 spiro atoms. The monoisotopic (exact) mass is 270 g/mol. The number of benzene rings is 1. The van der Waals surface area contributed by atoms with Crippen molar-refractivity contribution in [1.82, 2.24) is 0 Å². The van der Waals surface area contributed by atoms with Crippen molar-refractivity contribution in [3.63, 3.8) is 0 Å². The summed E-state index contributed by atoms with van der Waals surface area (Å²) in [6.45, 7) is 0. The van der Waals surface area contributed by atoms with Crippen LogP contribution < -0.4 is 0 Å².